The predicted molar refractivity (Wildman–Crippen MR) is 43.9 cm³/mol. The largest absolute Gasteiger partial charge is 0.382 e. The average molecular weight is 191 g/mol. The first-order valence-electron chi connectivity index (χ1n) is 3.26. The summed E-state index contributed by atoms with van der Waals surface area (Å²) in [5, 5.41) is 12.7. The highest BCUT2D eigenvalue weighted by molar-refractivity contribution is 7.15. The van der Waals surface area contributed by atoms with E-state index in [-0.39, 0.29) is 0 Å². The Morgan fingerprint density at radius 2 is 2.45 bits per heavy atom. The van der Waals surface area contributed by atoms with Crippen LogP contribution in [0.3, 0.4) is 0 Å². The number of hydrogen-bond acceptors (Lipinski definition) is 4. The molecular formula is C6H7ClN2OS. The van der Waals surface area contributed by atoms with Crippen molar-refractivity contribution in [3.8, 4) is 0 Å². The summed E-state index contributed by atoms with van der Waals surface area (Å²) in [6.45, 7) is 1.21. The van der Waals surface area contributed by atoms with Gasteiger partial charge in [-0.05, 0) is 0 Å². The number of hydrogen-bond donors (Lipinski definition) is 2. The second-order valence-electron chi connectivity index (χ2n) is 2.61. The topological polar surface area (TPSA) is 45.2 Å². The van der Waals surface area contributed by atoms with Crippen molar-refractivity contribution >= 4 is 22.9 Å². The van der Waals surface area contributed by atoms with Crippen LogP contribution in [0.2, 0.25) is 4.47 Å². The molecule has 0 spiro atoms. The molecule has 1 aromatic rings. The lowest BCUT2D eigenvalue weighted by atomic mass is 9.96. The van der Waals surface area contributed by atoms with Gasteiger partial charge in [-0.1, -0.05) is 11.6 Å². The Morgan fingerprint density at radius 1 is 1.73 bits per heavy atom. The van der Waals surface area contributed by atoms with E-state index < -0.39 is 5.60 Å². The fraction of sp³-hybridized carbons (Fsp3) is 0.500. The lowest BCUT2D eigenvalue weighted by molar-refractivity contribution is -0.0114. The molecule has 1 aliphatic heterocycles. The highest BCUT2D eigenvalue weighted by Gasteiger charge is 2.37. The van der Waals surface area contributed by atoms with Crippen molar-refractivity contribution in [2.24, 2.45) is 0 Å². The summed E-state index contributed by atoms with van der Waals surface area (Å²) in [6, 6.07) is 0. The number of rotatable bonds is 1. The summed E-state index contributed by atoms with van der Waals surface area (Å²) in [5.41, 5.74) is -0.704. The first-order chi connectivity index (χ1) is 5.21. The zero-order valence-corrected chi connectivity index (χ0v) is 7.24. The van der Waals surface area contributed by atoms with Crippen LogP contribution in [0.15, 0.2) is 6.20 Å². The molecule has 5 heteroatoms. The van der Waals surface area contributed by atoms with E-state index in [9.17, 15) is 5.11 Å². The molecule has 1 aromatic heterocycles. The van der Waals surface area contributed by atoms with Crippen molar-refractivity contribution in [3.63, 3.8) is 0 Å². The van der Waals surface area contributed by atoms with Crippen molar-refractivity contribution in [1.29, 1.82) is 0 Å². The molecule has 0 aromatic carbocycles. The van der Waals surface area contributed by atoms with Gasteiger partial charge < -0.3 is 10.4 Å². The van der Waals surface area contributed by atoms with E-state index >= 15 is 0 Å². The van der Waals surface area contributed by atoms with Crippen LogP contribution in [-0.2, 0) is 5.60 Å². The monoisotopic (exact) mass is 190 g/mol. The first kappa shape index (κ1) is 7.49. The number of halogens is 1. The van der Waals surface area contributed by atoms with Crippen molar-refractivity contribution in [1.82, 2.24) is 10.3 Å². The van der Waals surface area contributed by atoms with Crippen LogP contribution in [-0.4, -0.2) is 23.2 Å². The van der Waals surface area contributed by atoms with Crippen molar-refractivity contribution in [3.05, 3.63) is 15.5 Å². The molecule has 1 aliphatic rings. The van der Waals surface area contributed by atoms with E-state index in [2.05, 4.69) is 10.3 Å². The smallest absolute Gasteiger partial charge is 0.183 e. The molecule has 2 heterocycles. The van der Waals surface area contributed by atoms with Gasteiger partial charge in [0, 0.05) is 19.3 Å². The summed E-state index contributed by atoms with van der Waals surface area (Å²) in [7, 11) is 0. The zero-order valence-electron chi connectivity index (χ0n) is 5.67. The molecule has 3 nitrogen and oxygen atoms in total. The third kappa shape index (κ3) is 1.16. The average Bonchev–Trinajstić information content (AvgIpc) is 2.31. The quantitative estimate of drug-likeness (QED) is 0.682. The maximum atomic E-state index is 9.74. The Bertz CT molecular complexity index is 271. The van der Waals surface area contributed by atoms with Gasteiger partial charge >= 0.3 is 0 Å². The van der Waals surface area contributed by atoms with Crippen molar-refractivity contribution < 1.29 is 5.11 Å². The Labute approximate surface area is 73.0 Å². The lowest BCUT2D eigenvalue weighted by Gasteiger charge is -2.36. The molecule has 2 rings (SSSR count). The minimum absolute atomic E-state index is 0.486. The van der Waals surface area contributed by atoms with Crippen molar-refractivity contribution in [2.45, 2.75) is 5.60 Å². The molecule has 60 valence electrons. The number of β-amino-alcohol motifs (C(OH)–C–C–N with tert-alkyl or cyclic N) is 1. The maximum absolute atomic E-state index is 9.74. The minimum Gasteiger partial charge on any atom is -0.382 e. The van der Waals surface area contributed by atoms with Gasteiger partial charge in [-0.3, -0.25) is 0 Å². The molecule has 1 saturated heterocycles. The fourth-order valence-corrected chi connectivity index (χ4v) is 2.03. The molecule has 0 radical (unpaired) electrons. The van der Waals surface area contributed by atoms with Gasteiger partial charge in [-0.15, -0.1) is 11.3 Å². The molecule has 0 unspecified atom stereocenters. The van der Waals surface area contributed by atoms with E-state index in [1.54, 1.807) is 6.20 Å². The highest BCUT2D eigenvalue weighted by Crippen LogP contribution is 2.31. The molecule has 0 bridgehead atoms. The number of thiazole rings is 1. The van der Waals surface area contributed by atoms with Gasteiger partial charge in [0.25, 0.3) is 0 Å². The normalized spacial score (nSPS) is 21.3. The van der Waals surface area contributed by atoms with Crippen LogP contribution in [0, 0.1) is 0 Å². The molecule has 1 fully saturated rings. The molecular weight excluding hydrogens is 184 g/mol. The minimum atomic E-state index is -0.704. The molecule has 11 heavy (non-hydrogen) atoms. The standard InChI is InChI=1S/C6H7ClN2OS/c7-5-9-1-4(11-5)6(10)2-8-3-6/h1,8,10H,2-3H2. The van der Waals surface area contributed by atoms with Crippen LogP contribution < -0.4 is 5.32 Å². The van der Waals surface area contributed by atoms with Crippen LogP contribution >= 0.6 is 22.9 Å². The third-order valence-corrected chi connectivity index (χ3v) is 3.08. The van der Waals surface area contributed by atoms with Crippen LogP contribution in [0.25, 0.3) is 0 Å². The Kier molecular flexibility index (Phi) is 1.64. The Balaban J connectivity index is 2.28. The lowest BCUT2D eigenvalue weighted by Crippen LogP contribution is -2.56. The summed E-state index contributed by atoms with van der Waals surface area (Å²) in [4.78, 5) is 4.71. The summed E-state index contributed by atoms with van der Waals surface area (Å²) in [6.07, 6.45) is 1.63. The van der Waals surface area contributed by atoms with E-state index in [0.717, 1.165) is 4.88 Å². The Morgan fingerprint density at radius 3 is 2.82 bits per heavy atom. The Hall–Kier alpha value is -0.160. The SMILES string of the molecule is OC1(c2cnc(Cl)s2)CNC1. The van der Waals surface area contributed by atoms with E-state index in [1.807, 2.05) is 0 Å². The molecule has 0 atom stereocenters. The number of nitrogens with zero attached hydrogens (tertiary/aromatic N) is 1. The fourth-order valence-electron chi connectivity index (χ4n) is 1.00. The number of aliphatic hydroxyl groups is 1. The molecule has 0 amide bonds. The van der Waals surface area contributed by atoms with E-state index in [1.165, 1.54) is 11.3 Å². The van der Waals surface area contributed by atoms with Gasteiger partial charge in [0.15, 0.2) is 4.47 Å². The third-order valence-electron chi connectivity index (χ3n) is 1.77. The van der Waals surface area contributed by atoms with E-state index in [4.69, 9.17) is 11.6 Å². The first-order valence-corrected chi connectivity index (χ1v) is 4.45. The molecule has 0 saturated carbocycles. The van der Waals surface area contributed by atoms with Gasteiger partial charge in [0.2, 0.25) is 0 Å². The predicted octanol–water partition coefficient (Wildman–Crippen LogP) is 0.587. The van der Waals surface area contributed by atoms with Crippen LogP contribution in [0.1, 0.15) is 4.88 Å². The van der Waals surface area contributed by atoms with Gasteiger partial charge in [-0.25, -0.2) is 4.98 Å². The summed E-state index contributed by atoms with van der Waals surface area (Å²) < 4.78 is 0.486. The second kappa shape index (κ2) is 2.42. The maximum Gasteiger partial charge on any atom is 0.183 e. The van der Waals surface area contributed by atoms with Crippen molar-refractivity contribution in [2.75, 3.05) is 13.1 Å². The second-order valence-corrected chi connectivity index (χ2v) is 4.23. The van der Waals surface area contributed by atoms with Crippen LogP contribution in [0.4, 0.5) is 0 Å². The van der Waals surface area contributed by atoms with Crippen LogP contribution in [0.5, 0.6) is 0 Å². The van der Waals surface area contributed by atoms with Gasteiger partial charge in [-0.2, -0.15) is 0 Å². The summed E-state index contributed by atoms with van der Waals surface area (Å²) in [5.74, 6) is 0. The number of nitrogens with one attached hydrogen (secondary N) is 1. The summed E-state index contributed by atoms with van der Waals surface area (Å²) >= 11 is 6.96. The zero-order chi connectivity index (χ0) is 7.90. The van der Waals surface area contributed by atoms with Gasteiger partial charge in [0.1, 0.15) is 5.60 Å². The highest BCUT2D eigenvalue weighted by atomic mass is 35.5. The number of aromatic nitrogens is 1. The van der Waals surface area contributed by atoms with Gasteiger partial charge in [0.05, 0.1) is 4.88 Å². The molecule has 2 N–H and O–H groups in total. The molecule has 0 aliphatic carbocycles. The van der Waals surface area contributed by atoms with E-state index in [0.29, 0.717) is 17.6 Å².